The van der Waals surface area contributed by atoms with Gasteiger partial charge in [0.05, 0.1) is 40.3 Å². The number of carbonyl (C=O) groups is 3. The molecule has 0 saturated carbocycles. The van der Waals surface area contributed by atoms with Crippen LogP contribution in [0.3, 0.4) is 0 Å². The van der Waals surface area contributed by atoms with Gasteiger partial charge in [-0.3, -0.25) is 9.59 Å². The number of esters is 2. The summed E-state index contributed by atoms with van der Waals surface area (Å²) >= 11 is 0. The van der Waals surface area contributed by atoms with Gasteiger partial charge in [0.15, 0.2) is 6.10 Å². The number of rotatable bonds is 42. The van der Waals surface area contributed by atoms with Crippen molar-refractivity contribution in [3.8, 4) is 0 Å². The zero-order valence-corrected chi connectivity index (χ0v) is 39.5. The Morgan fingerprint density at radius 3 is 1.49 bits per heavy atom. The Balaban J connectivity index is 4.38. The molecule has 0 saturated heterocycles. The van der Waals surface area contributed by atoms with E-state index in [0.717, 1.165) is 103 Å². The largest absolute Gasteiger partial charge is 0.544 e. The van der Waals surface area contributed by atoms with Crippen LogP contribution < -0.4 is 5.11 Å². The van der Waals surface area contributed by atoms with Crippen molar-refractivity contribution in [1.82, 2.24) is 0 Å². The normalized spacial score (nSPS) is 13.7. The van der Waals surface area contributed by atoms with Gasteiger partial charge in [-0.1, -0.05) is 170 Å². The minimum atomic E-state index is -1.13. The topological polar surface area (TPSA) is 102 Å². The van der Waals surface area contributed by atoms with Crippen LogP contribution in [0.15, 0.2) is 85.1 Å². The van der Waals surface area contributed by atoms with E-state index in [0.29, 0.717) is 12.8 Å². The van der Waals surface area contributed by atoms with Crippen LogP contribution in [0.4, 0.5) is 0 Å². The van der Waals surface area contributed by atoms with Crippen molar-refractivity contribution >= 4 is 17.9 Å². The molecule has 0 aliphatic rings. The first-order valence-electron chi connectivity index (χ1n) is 24.1. The van der Waals surface area contributed by atoms with E-state index in [1.54, 1.807) is 21.1 Å². The lowest BCUT2D eigenvalue weighted by Gasteiger charge is -2.34. The third-order valence-corrected chi connectivity index (χ3v) is 10.3. The van der Waals surface area contributed by atoms with E-state index in [9.17, 15) is 19.5 Å². The van der Waals surface area contributed by atoms with Crippen LogP contribution in [0.25, 0.3) is 0 Å². The van der Waals surface area contributed by atoms with Gasteiger partial charge in [-0.15, -0.1) is 0 Å². The number of likely N-dealkylation sites (N-methyl/N-ethyl adjacent to an activating group) is 1. The van der Waals surface area contributed by atoms with Crippen LogP contribution >= 0.6 is 0 Å². The summed E-state index contributed by atoms with van der Waals surface area (Å²) in [5.41, 5.74) is 0. The number of allylic oxidation sites excluding steroid dienone is 14. The second-order valence-electron chi connectivity index (χ2n) is 17.0. The van der Waals surface area contributed by atoms with Crippen LogP contribution in [0.2, 0.25) is 0 Å². The molecule has 0 aromatic rings. The Morgan fingerprint density at radius 1 is 0.525 bits per heavy atom. The average Bonchev–Trinajstić information content (AvgIpc) is 3.22. The van der Waals surface area contributed by atoms with E-state index in [2.05, 4.69) is 98.9 Å². The second-order valence-corrected chi connectivity index (χ2v) is 17.0. The van der Waals surface area contributed by atoms with Gasteiger partial charge in [-0.2, -0.15) is 0 Å². The highest BCUT2D eigenvalue weighted by Gasteiger charge is 2.25. The summed E-state index contributed by atoms with van der Waals surface area (Å²) in [6.07, 6.45) is 56.0. The van der Waals surface area contributed by atoms with Crippen LogP contribution in [-0.2, 0) is 28.6 Å². The molecule has 2 unspecified atom stereocenters. The van der Waals surface area contributed by atoms with Crippen molar-refractivity contribution in [1.29, 1.82) is 0 Å². The van der Waals surface area contributed by atoms with Crippen molar-refractivity contribution in [2.24, 2.45) is 0 Å². The molecule has 0 radical (unpaired) electrons. The molecule has 0 rings (SSSR count). The first-order chi connectivity index (χ1) is 29.6. The predicted octanol–water partition coefficient (Wildman–Crippen LogP) is 12.4. The summed E-state index contributed by atoms with van der Waals surface area (Å²) < 4.78 is 17.2. The van der Waals surface area contributed by atoms with Gasteiger partial charge in [-0.25, -0.2) is 0 Å². The fraction of sp³-hybridized carbons (Fsp3) is 0.679. The summed E-state index contributed by atoms with van der Waals surface area (Å²) in [7, 11) is 5.39. The molecule has 0 bridgehead atoms. The molecule has 8 heteroatoms. The van der Waals surface area contributed by atoms with Gasteiger partial charge < -0.3 is 28.6 Å². The van der Waals surface area contributed by atoms with Crippen LogP contribution in [0.5, 0.6) is 0 Å². The third kappa shape index (κ3) is 41.6. The molecule has 8 nitrogen and oxygen atoms in total. The minimum absolute atomic E-state index is 0.0232. The Hall–Kier alpha value is -3.49. The van der Waals surface area contributed by atoms with Crippen molar-refractivity contribution < 1.29 is 38.2 Å². The SMILES string of the molecule is CC/C=C/C/C=C/C/C=C/C/C=C/CCCCCCCCC(=O)OC(COCCC(C(=O)[O-])[N+](C)(C)C)COC(=O)CCCCCCC/C=C/C=C/C=C/CCCCCCC. The van der Waals surface area contributed by atoms with E-state index >= 15 is 0 Å². The van der Waals surface area contributed by atoms with Crippen LogP contribution in [0.1, 0.15) is 181 Å². The smallest absolute Gasteiger partial charge is 0.306 e. The zero-order valence-electron chi connectivity index (χ0n) is 39.5. The molecular formula is C53H89NO7. The number of unbranched alkanes of at least 4 members (excludes halogenated alkanes) is 16. The molecule has 0 fully saturated rings. The maximum Gasteiger partial charge on any atom is 0.306 e. The molecule has 348 valence electrons. The number of carboxylic acid groups (broad SMARTS) is 1. The number of quaternary nitrogens is 1. The van der Waals surface area contributed by atoms with Crippen molar-refractivity contribution in [2.45, 2.75) is 193 Å². The summed E-state index contributed by atoms with van der Waals surface area (Å²) in [5, 5.41) is 11.6. The van der Waals surface area contributed by atoms with Gasteiger partial charge in [0.2, 0.25) is 0 Å². The standard InChI is InChI=1S/C53H89NO7/c1-6-8-10-12-14-16-18-20-22-24-26-28-30-32-34-36-38-40-42-44-52(56)61-49(47-59-46-45-50(53(57)58)54(3,4)5)48-60-51(55)43-41-39-37-35-33-31-29-27-25-23-21-19-17-15-13-11-9-7-2/h8,10,14,16,19-23,25-29,49-50H,6-7,9,11-13,15,17-18,24,30-48H2,1-5H3/b10-8+,16-14+,21-19+,22-20+,25-23+,28-26+,29-27+. The van der Waals surface area contributed by atoms with Crippen LogP contribution in [0, 0.1) is 0 Å². The lowest BCUT2D eigenvalue weighted by atomic mass is 10.1. The molecule has 0 aromatic heterocycles. The number of aliphatic carboxylic acids is 1. The van der Waals surface area contributed by atoms with E-state index in [1.807, 2.05) is 0 Å². The highest BCUT2D eigenvalue weighted by atomic mass is 16.6. The fourth-order valence-electron chi connectivity index (χ4n) is 6.59. The lowest BCUT2D eigenvalue weighted by molar-refractivity contribution is -0.889. The molecule has 0 amide bonds. The van der Waals surface area contributed by atoms with E-state index < -0.39 is 18.1 Å². The number of hydrogen-bond acceptors (Lipinski definition) is 7. The number of nitrogens with zero attached hydrogens (tertiary/aromatic N) is 1. The molecule has 0 N–H and O–H groups in total. The maximum atomic E-state index is 12.8. The molecule has 0 aromatic carbocycles. The minimum Gasteiger partial charge on any atom is -0.544 e. The first kappa shape index (κ1) is 57.5. The molecule has 0 aliphatic heterocycles. The van der Waals surface area contributed by atoms with Gasteiger partial charge in [0.25, 0.3) is 0 Å². The second kappa shape index (κ2) is 43.2. The van der Waals surface area contributed by atoms with Crippen molar-refractivity contribution in [3.63, 3.8) is 0 Å². The third-order valence-electron chi connectivity index (χ3n) is 10.3. The number of carbonyl (C=O) groups excluding carboxylic acids is 3. The first-order valence-corrected chi connectivity index (χ1v) is 24.1. The van der Waals surface area contributed by atoms with E-state index in [1.165, 1.54) is 44.9 Å². The van der Waals surface area contributed by atoms with Crippen molar-refractivity contribution in [2.75, 3.05) is 41.0 Å². The number of carboxylic acids is 1. The average molecular weight is 852 g/mol. The highest BCUT2D eigenvalue weighted by molar-refractivity contribution is 5.70. The Labute approximate surface area is 373 Å². The van der Waals surface area contributed by atoms with Crippen molar-refractivity contribution in [3.05, 3.63) is 85.1 Å². The molecule has 0 spiro atoms. The van der Waals surface area contributed by atoms with Crippen LogP contribution in [-0.4, -0.2) is 75.5 Å². The Morgan fingerprint density at radius 2 is 0.984 bits per heavy atom. The molecule has 0 aliphatic carbocycles. The summed E-state index contributed by atoms with van der Waals surface area (Å²) in [5.74, 6) is -1.79. The monoisotopic (exact) mass is 852 g/mol. The van der Waals surface area contributed by atoms with Gasteiger partial charge in [-0.05, 0) is 77.0 Å². The summed E-state index contributed by atoms with van der Waals surface area (Å²) in [6, 6.07) is -0.737. The van der Waals surface area contributed by atoms with Gasteiger partial charge >= 0.3 is 11.9 Å². The van der Waals surface area contributed by atoms with E-state index in [-0.39, 0.29) is 42.7 Å². The number of ether oxygens (including phenoxy) is 3. The zero-order chi connectivity index (χ0) is 44.9. The molecule has 61 heavy (non-hydrogen) atoms. The Kier molecular flexibility index (Phi) is 40.7. The fourth-order valence-corrected chi connectivity index (χ4v) is 6.59. The highest BCUT2D eigenvalue weighted by Crippen LogP contribution is 2.13. The number of hydrogen-bond donors (Lipinski definition) is 0. The quantitative estimate of drug-likeness (QED) is 0.0198. The predicted molar refractivity (Wildman–Crippen MR) is 254 cm³/mol. The Bertz CT molecular complexity index is 1270. The molecule has 0 heterocycles. The summed E-state index contributed by atoms with van der Waals surface area (Å²) in [6.45, 7) is 4.49. The lowest BCUT2D eigenvalue weighted by Crippen LogP contribution is -2.55. The summed E-state index contributed by atoms with van der Waals surface area (Å²) in [4.78, 5) is 37.0. The molecular weight excluding hydrogens is 763 g/mol. The molecule has 2 atom stereocenters. The maximum absolute atomic E-state index is 12.8. The van der Waals surface area contributed by atoms with Gasteiger partial charge in [0, 0.05) is 19.3 Å². The van der Waals surface area contributed by atoms with Gasteiger partial charge in [0.1, 0.15) is 12.6 Å². The van der Waals surface area contributed by atoms with E-state index in [4.69, 9.17) is 14.2 Å².